The Balaban J connectivity index is 1.94. The van der Waals surface area contributed by atoms with Crippen LogP contribution in [0.15, 0.2) is 0 Å². The van der Waals surface area contributed by atoms with Gasteiger partial charge in [-0.15, -0.1) is 0 Å². The molecule has 2 aliphatic heterocycles. The average molecular weight is 398 g/mol. The molecular weight excluding hydrogens is 367 g/mol. The highest BCUT2D eigenvalue weighted by molar-refractivity contribution is 8.07. The van der Waals surface area contributed by atoms with E-state index in [1.165, 1.54) is 0 Å². The lowest BCUT2D eigenvalue weighted by molar-refractivity contribution is -0.0398. The summed E-state index contributed by atoms with van der Waals surface area (Å²) < 4.78 is 33.7. The van der Waals surface area contributed by atoms with Crippen LogP contribution >= 0.6 is 6.72 Å². The van der Waals surface area contributed by atoms with Gasteiger partial charge in [-0.3, -0.25) is 0 Å². The zero-order valence-electron chi connectivity index (χ0n) is 15.8. The third-order valence-electron chi connectivity index (χ3n) is 5.29. The van der Waals surface area contributed by atoms with E-state index in [1.807, 2.05) is 20.8 Å². The molecule has 2 rings (SSSR count). The molecule has 2 heterocycles. The Bertz CT molecular complexity index is 479. The summed E-state index contributed by atoms with van der Waals surface area (Å²) in [5.74, 6) is 0.318. The van der Waals surface area contributed by atoms with Crippen LogP contribution in [0.1, 0.15) is 27.7 Å². The van der Waals surface area contributed by atoms with Crippen LogP contribution in [-0.2, 0) is 39.8 Å². The predicted molar refractivity (Wildman–Crippen MR) is 97.0 cm³/mol. The number of methoxy groups -OCH3 is 2. The van der Waals surface area contributed by atoms with Gasteiger partial charge < -0.3 is 32.9 Å². The number of hydrogen-bond acceptors (Lipinski definition) is 7. The van der Waals surface area contributed by atoms with Crippen molar-refractivity contribution in [3.8, 4) is 0 Å². The quantitative estimate of drug-likeness (QED) is 0.623. The first-order chi connectivity index (χ1) is 11.7. The fourth-order valence-corrected chi connectivity index (χ4v) is 4.99. The molecule has 148 valence electrons. The van der Waals surface area contributed by atoms with Crippen LogP contribution in [0.2, 0.25) is 0 Å². The second-order valence-corrected chi connectivity index (χ2v) is 9.76. The molecule has 0 aromatic heterocycles. The average Bonchev–Trinajstić information content (AvgIpc) is 2.97. The third-order valence-corrected chi connectivity index (χ3v) is 6.85. The maximum Gasteiger partial charge on any atom is 0.324 e. The second-order valence-electron chi connectivity index (χ2n) is 6.97. The Kier molecular flexibility index (Phi) is 7.84. The van der Waals surface area contributed by atoms with Gasteiger partial charge in [0, 0.05) is 26.1 Å². The van der Waals surface area contributed by atoms with Crippen LogP contribution in [0.4, 0.5) is 0 Å². The first-order valence-corrected chi connectivity index (χ1v) is 11.3. The molecule has 3 unspecified atom stereocenters. The number of ether oxygens (including phenoxy) is 4. The van der Waals surface area contributed by atoms with Gasteiger partial charge in [0.05, 0.1) is 31.5 Å². The van der Waals surface area contributed by atoms with Crippen molar-refractivity contribution >= 4 is 18.5 Å². The van der Waals surface area contributed by atoms with Gasteiger partial charge in [-0.1, -0.05) is 13.8 Å². The minimum absolute atomic E-state index is 0.00196. The van der Waals surface area contributed by atoms with Crippen LogP contribution in [0.5, 0.6) is 0 Å². The van der Waals surface area contributed by atoms with Crippen molar-refractivity contribution in [1.82, 2.24) is 0 Å². The van der Waals surface area contributed by atoms with Crippen LogP contribution in [-0.4, -0.2) is 69.0 Å². The summed E-state index contributed by atoms with van der Waals surface area (Å²) in [5.41, 5.74) is 0. The standard InChI is InChI=1S/C16H31O7PS/c1-9-11(3)22-14(15(9)19-6)8-20-24(17,25)23-16-10(2)12(4)21-13(16)7-18-5/h9-16H,7-8H2,1-6H3,(H,17,25)/t9-,10-,11+,12+,13-,14-,15?,16?,24?/m1/s1. The molecule has 0 aromatic carbocycles. The lowest BCUT2D eigenvalue weighted by atomic mass is 9.99. The van der Waals surface area contributed by atoms with Crippen molar-refractivity contribution in [2.75, 3.05) is 27.4 Å². The summed E-state index contributed by atoms with van der Waals surface area (Å²) in [6.45, 7) is 5.11. The maximum absolute atomic E-state index is 10.5. The molecule has 2 aliphatic rings. The topological polar surface area (TPSA) is 75.6 Å². The molecular formula is C16H31O7PS. The molecule has 2 fully saturated rings. The largest absolute Gasteiger partial charge is 0.382 e. The first-order valence-electron chi connectivity index (χ1n) is 8.68. The van der Waals surface area contributed by atoms with E-state index in [0.29, 0.717) is 6.61 Å². The molecule has 25 heavy (non-hydrogen) atoms. The van der Waals surface area contributed by atoms with Gasteiger partial charge in [0.1, 0.15) is 18.3 Å². The SMILES string of the molecule is COC[C@H]1O[C@@H](C)[C@@H](C)C1OP(O)(=S)OC[C@H]1O[C@@H](C)[C@@H](C)C1OC. The zero-order chi connectivity index (χ0) is 18.8. The summed E-state index contributed by atoms with van der Waals surface area (Å²) in [5, 5.41) is 0. The van der Waals surface area contributed by atoms with Gasteiger partial charge in [0.25, 0.3) is 0 Å². The Morgan fingerprint density at radius 3 is 1.96 bits per heavy atom. The van der Waals surface area contributed by atoms with Crippen molar-refractivity contribution < 1.29 is 32.9 Å². The molecule has 1 N–H and O–H groups in total. The van der Waals surface area contributed by atoms with Crippen molar-refractivity contribution in [2.24, 2.45) is 11.8 Å². The summed E-state index contributed by atoms with van der Waals surface area (Å²) in [7, 11) is 3.25. The van der Waals surface area contributed by atoms with Crippen molar-refractivity contribution in [3.05, 3.63) is 0 Å². The highest BCUT2D eigenvalue weighted by Crippen LogP contribution is 2.49. The van der Waals surface area contributed by atoms with Crippen molar-refractivity contribution in [1.29, 1.82) is 0 Å². The molecule has 0 aromatic rings. The molecule has 0 spiro atoms. The van der Waals surface area contributed by atoms with Crippen molar-refractivity contribution in [2.45, 2.75) is 64.3 Å². The molecule has 0 amide bonds. The molecule has 2 saturated heterocycles. The fraction of sp³-hybridized carbons (Fsp3) is 1.00. The van der Waals surface area contributed by atoms with E-state index in [2.05, 4.69) is 6.92 Å². The van der Waals surface area contributed by atoms with Gasteiger partial charge in [0.15, 0.2) is 0 Å². The normalized spacial score (nSPS) is 44.1. The van der Waals surface area contributed by atoms with Crippen LogP contribution in [0.3, 0.4) is 0 Å². The fourth-order valence-electron chi connectivity index (χ4n) is 3.48. The lowest BCUT2D eigenvalue weighted by Crippen LogP contribution is -2.33. The Labute approximate surface area is 155 Å². The smallest absolute Gasteiger partial charge is 0.324 e. The van der Waals surface area contributed by atoms with Gasteiger partial charge in [-0.2, -0.15) is 0 Å². The van der Waals surface area contributed by atoms with E-state index in [4.69, 9.17) is 39.8 Å². The molecule has 7 nitrogen and oxygen atoms in total. The van der Waals surface area contributed by atoms with E-state index in [1.54, 1.807) is 14.2 Å². The molecule has 0 bridgehead atoms. The van der Waals surface area contributed by atoms with Crippen LogP contribution in [0.25, 0.3) is 0 Å². The second kappa shape index (κ2) is 9.04. The van der Waals surface area contributed by atoms with Gasteiger partial charge in [-0.05, 0) is 25.7 Å². The lowest BCUT2D eigenvalue weighted by Gasteiger charge is -2.27. The minimum atomic E-state index is -3.43. The minimum Gasteiger partial charge on any atom is -0.382 e. The van der Waals surface area contributed by atoms with E-state index < -0.39 is 6.72 Å². The highest BCUT2D eigenvalue weighted by Gasteiger charge is 2.44. The number of hydrogen-bond donors (Lipinski definition) is 1. The molecule has 0 aliphatic carbocycles. The molecule has 0 radical (unpaired) electrons. The van der Waals surface area contributed by atoms with Crippen LogP contribution < -0.4 is 0 Å². The van der Waals surface area contributed by atoms with Crippen LogP contribution in [0, 0.1) is 11.8 Å². The third kappa shape index (κ3) is 5.21. The predicted octanol–water partition coefficient (Wildman–Crippen LogP) is 2.11. The Morgan fingerprint density at radius 2 is 1.44 bits per heavy atom. The van der Waals surface area contributed by atoms with E-state index >= 15 is 0 Å². The summed E-state index contributed by atoms with van der Waals surface area (Å²) in [4.78, 5) is 10.5. The molecule has 9 heteroatoms. The summed E-state index contributed by atoms with van der Waals surface area (Å²) in [6, 6.07) is 0. The van der Waals surface area contributed by atoms with Gasteiger partial charge >= 0.3 is 6.72 Å². The van der Waals surface area contributed by atoms with Gasteiger partial charge in [-0.25, -0.2) is 0 Å². The molecule has 9 atom stereocenters. The summed E-state index contributed by atoms with van der Waals surface area (Å²) >= 11 is 5.21. The Morgan fingerprint density at radius 1 is 0.920 bits per heavy atom. The van der Waals surface area contributed by atoms with Crippen molar-refractivity contribution in [3.63, 3.8) is 0 Å². The molecule has 0 saturated carbocycles. The number of rotatable bonds is 8. The summed E-state index contributed by atoms with van der Waals surface area (Å²) in [6.07, 6.45) is -0.961. The zero-order valence-corrected chi connectivity index (χ0v) is 17.5. The maximum atomic E-state index is 10.5. The van der Waals surface area contributed by atoms with E-state index in [-0.39, 0.29) is 55.1 Å². The first kappa shape index (κ1) is 21.7. The highest BCUT2D eigenvalue weighted by atomic mass is 32.5. The van der Waals surface area contributed by atoms with E-state index in [9.17, 15) is 4.89 Å². The monoisotopic (exact) mass is 398 g/mol. The van der Waals surface area contributed by atoms with E-state index in [0.717, 1.165) is 0 Å². The Hall–Kier alpha value is 0.370. The van der Waals surface area contributed by atoms with Gasteiger partial charge in [0.2, 0.25) is 0 Å².